The largest absolute Gasteiger partial charge is 0.369 e. The Balaban J connectivity index is 2.70. The number of amides is 2. The molecule has 0 spiro atoms. The van der Waals surface area contributed by atoms with Gasteiger partial charge in [0.2, 0.25) is 11.8 Å². The maximum atomic E-state index is 11.6. The van der Waals surface area contributed by atoms with Crippen molar-refractivity contribution in [3.63, 3.8) is 0 Å². The first-order valence-electron chi connectivity index (χ1n) is 5.28. The summed E-state index contributed by atoms with van der Waals surface area (Å²) in [7, 11) is -3.90. The molecule has 0 radical (unpaired) electrons. The van der Waals surface area contributed by atoms with Gasteiger partial charge in [-0.1, -0.05) is 11.6 Å². The summed E-state index contributed by atoms with van der Waals surface area (Å²) in [6.07, 6.45) is 0. The number of benzene rings is 1. The average molecular weight is 305 g/mol. The van der Waals surface area contributed by atoms with Gasteiger partial charge in [0, 0.05) is 10.7 Å². The molecule has 2 amide bonds. The third-order valence-corrected chi connectivity index (χ3v) is 4.63. The summed E-state index contributed by atoms with van der Waals surface area (Å²) in [4.78, 5) is 22.4. The predicted molar refractivity (Wildman–Crippen MR) is 72.5 cm³/mol. The summed E-state index contributed by atoms with van der Waals surface area (Å²) >= 11 is 5.67. The van der Waals surface area contributed by atoms with Crippen LogP contribution in [0.3, 0.4) is 0 Å². The van der Waals surface area contributed by atoms with Gasteiger partial charge in [0.25, 0.3) is 0 Å². The van der Waals surface area contributed by atoms with Gasteiger partial charge >= 0.3 is 0 Å². The van der Waals surface area contributed by atoms with E-state index in [-0.39, 0.29) is 0 Å². The second-order valence-corrected chi connectivity index (χ2v) is 6.66. The molecule has 104 valence electrons. The molecule has 0 saturated carbocycles. The zero-order chi connectivity index (χ0) is 14.6. The number of anilines is 1. The zero-order valence-corrected chi connectivity index (χ0v) is 11.7. The van der Waals surface area contributed by atoms with Crippen LogP contribution in [0.4, 0.5) is 5.69 Å². The first-order chi connectivity index (χ1) is 8.72. The van der Waals surface area contributed by atoms with Crippen molar-refractivity contribution in [2.45, 2.75) is 12.2 Å². The van der Waals surface area contributed by atoms with Gasteiger partial charge in [-0.25, -0.2) is 8.42 Å². The van der Waals surface area contributed by atoms with Gasteiger partial charge in [0.1, 0.15) is 11.0 Å². The molecule has 1 aromatic carbocycles. The van der Waals surface area contributed by atoms with Crippen LogP contribution in [0.25, 0.3) is 0 Å². The third-order valence-electron chi connectivity index (χ3n) is 2.40. The SMILES string of the molecule is CC(C(N)=O)S(=O)(=O)CC(=O)Nc1ccc(Cl)cc1. The van der Waals surface area contributed by atoms with Crippen molar-refractivity contribution in [1.29, 1.82) is 0 Å². The van der Waals surface area contributed by atoms with Gasteiger partial charge in [-0.15, -0.1) is 0 Å². The highest BCUT2D eigenvalue weighted by Crippen LogP contribution is 2.13. The van der Waals surface area contributed by atoms with E-state index in [0.717, 1.165) is 6.92 Å². The highest BCUT2D eigenvalue weighted by molar-refractivity contribution is 7.93. The molecule has 0 heterocycles. The summed E-state index contributed by atoms with van der Waals surface area (Å²) in [5.74, 6) is -2.53. The molecule has 3 N–H and O–H groups in total. The van der Waals surface area contributed by atoms with E-state index >= 15 is 0 Å². The van der Waals surface area contributed by atoms with Crippen LogP contribution in [0.1, 0.15) is 6.92 Å². The third kappa shape index (κ3) is 4.53. The number of nitrogens with one attached hydrogen (secondary N) is 1. The lowest BCUT2D eigenvalue weighted by Gasteiger charge is -2.09. The fourth-order valence-corrected chi connectivity index (χ4v) is 2.38. The van der Waals surface area contributed by atoms with Crippen LogP contribution in [0, 0.1) is 0 Å². The molecule has 1 atom stereocenters. The number of hydrogen-bond acceptors (Lipinski definition) is 4. The van der Waals surface area contributed by atoms with Gasteiger partial charge in [-0.05, 0) is 31.2 Å². The summed E-state index contributed by atoms with van der Waals surface area (Å²) in [5.41, 5.74) is 5.32. The number of nitrogens with two attached hydrogens (primary N) is 1. The molecule has 0 aliphatic heterocycles. The number of primary amides is 1. The van der Waals surface area contributed by atoms with Crippen LogP contribution in [0.5, 0.6) is 0 Å². The topological polar surface area (TPSA) is 106 Å². The van der Waals surface area contributed by atoms with E-state index in [0.29, 0.717) is 10.7 Å². The van der Waals surface area contributed by atoms with Crippen molar-refractivity contribution in [3.8, 4) is 0 Å². The highest BCUT2D eigenvalue weighted by Gasteiger charge is 2.28. The van der Waals surface area contributed by atoms with Crippen LogP contribution in [0.15, 0.2) is 24.3 Å². The van der Waals surface area contributed by atoms with Crippen LogP contribution < -0.4 is 11.1 Å². The van der Waals surface area contributed by atoms with Gasteiger partial charge in [-0.3, -0.25) is 9.59 Å². The van der Waals surface area contributed by atoms with Crippen molar-refractivity contribution in [2.75, 3.05) is 11.1 Å². The summed E-state index contributed by atoms with van der Waals surface area (Å²) in [6.45, 7) is 1.15. The van der Waals surface area contributed by atoms with E-state index in [1.54, 1.807) is 12.1 Å². The maximum Gasteiger partial charge on any atom is 0.239 e. The van der Waals surface area contributed by atoms with Crippen LogP contribution in [-0.4, -0.2) is 31.2 Å². The molecule has 6 nitrogen and oxygen atoms in total. The van der Waals surface area contributed by atoms with Crippen molar-refractivity contribution < 1.29 is 18.0 Å². The Labute approximate surface area is 115 Å². The van der Waals surface area contributed by atoms with E-state index in [2.05, 4.69) is 5.32 Å². The molecule has 0 aromatic heterocycles. The quantitative estimate of drug-likeness (QED) is 0.829. The van der Waals surface area contributed by atoms with Gasteiger partial charge in [0.05, 0.1) is 0 Å². The number of hydrogen-bond donors (Lipinski definition) is 2. The summed E-state index contributed by atoms with van der Waals surface area (Å²) in [5, 5.41) is 1.48. The number of sulfone groups is 1. The molecule has 1 unspecified atom stereocenters. The Morgan fingerprint density at radius 2 is 1.84 bits per heavy atom. The first-order valence-corrected chi connectivity index (χ1v) is 7.38. The van der Waals surface area contributed by atoms with E-state index < -0.39 is 32.7 Å². The Bertz CT molecular complexity index is 583. The van der Waals surface area contributed by atoms with Gasteiger partial charge in [0.15, 0.2) is 9.84 Å². The van der Waals surface area contributed by atoms with E-state index in [4.69, 9.17) is 17.3 Å². The molecular weight excluding hydrogens is 292 g/mol. The second kappa shape index (κ2) is 6.03. The lowest BCUT2D eigenvalue weighted by atomic mass is 10.3. The van der Waals surface area contributed by atoms with Crippen molar-refractivity contribution in [3.05, 3.63) is 29.3 Å². The standard InChI is InChI=1S/C11H13ClN2O4S/c1-7(11(13)16)19(17,18)6-10(15)14-9-4-2-8(12)3-5-9/h2-5,7H,6H2,1H3,(H2,13,16)(H,14,15). The molecule has 0 aliphatic rings. The van der Waals surface area contributed by atoms with Crippen LogP contribution in [0.2, 0.25) is 5.02 Å². The van der Waals surface area contributed by atoms with Gasteiger partial charge in [-0.2, -0.15) is 0 Å². The Hall–Kier alpha value is -1.60. The molecule has 0 aliphatic carbocycles. The fraction of sp³-hybridized carbons (Fsp3) is 0.273. The zero-order valence-electron chi connectivity index (χ0n) is 10.1. The van der Waals surface area contributed by atoms with E-state index in [1.807, 2.05) is 0 Å². The number of carbonyl (C=O) groups excluding carboxylic acids is 2. The lowest BCUT2D eigenvalue weighted by Crippen LogP contribution is -2.37. The molecule has 0 bridgehead atoms. The van der Waals surface area contributed by atoms with E-state index in [9.17, 15) is 18.0 Å². The predicted octanol–water partition coefficient (Wildman–Crippen LogP) is 0.567. The second-order valence-electron chi connectivity index (χ2n) is 3.91. The molecular formula is C11H13ClN2O4S. The molecule has 1 aromatic rings. The monoisotopic (exact) mass is 304 g/mol. The van der Waals surface area contributed by atoms with Crippen molar-refractivity contribution in [1.82, 2.24) is 0 Å². The van der Waals surface area contributed by atoms with Gasteiger partial charge < -0.3 is 11.1 Å². The minimum Gasteiger partial charge on any atom is -0.369 e. The Morgan fingerprint density at radius 1 is 1.32 bits per heavy atom. The smallest absolute Gasteiger partial charge is 0.239 e. The molecule has 19 heavy (non-hydrogen) atoms. The number of carbonyl (C=O) groups is 2. The highest BCUT2D eigenvalue weighted by atomic mass is 35.5. The van der Waals surface area contributed by atoms with Crippen LogP contribution >= 0.6 is 11.6 Å². The van der Waals surface area contributed by atoms with Crippen LogP contribution in [-0.2, 0) is 19.4 Å². The van der Waals surface area contributed by atoms with E-state index in [1.165, 1.54) is 12.1 Å². The fourth-order valence-electron chi connectivity index (χ4n) is 1.21. The minimum atomic E-state index is -3.90. The lowest BCUT2D eigenvalue weighted by molar-refractivity contribution is -0.117. The summed E-state index contributed by atoms with van der Waals surface area (Å²) < 4.78 is 23.3. The maximum absolute atomic E-state index is 11.6. The Morgan fingerprint density at radius 3 is 2.32 bits per heavy atom. The normalized spacial score (nSPS) is 12.7. The number of halogens is 1. The van der Waals surface area contributed by atoms with Crippen molar-refractivity contribution >= 4 is 38.9 Å². The molecule has 8 heteroatoms. The molecule has 0 saturated heterocycles. The number of rotatable bonds is 5. The Kier molecular flexibility index (Phi) is 4.90. The molecule has 0 fully saturated rings. The molecule has 1 rings (SSSR count). The summed E-state index contributed by atoms with van der Waals surface area (Å²) in [6, 6.07) is 6.17. The van der Waals surface area contributed by atoms with Crippen molar-refractivity contribution in [2.24, 2.45) is 5.73 Å². The average Bonchev–Trinajstić information content (AvgIpc) is 2.30. The first kappa shape index (κ1) is 15.5. The minimum absolute atomic E-state index is 0.413.